The summed E-state index contributed by atoms with van der Waals surface area (Å²) in [4.78, 5) is 26.2. The summed E-state index contributed by atoms with van der Waals surface area (Å²) < 4.78 is 28.9. The summed E-state index contributed by atoms with van der Waals surface area (Å²) in [7, 11) is 3.41. The van der Waals surface area contributed by atoms with E-state index in [0.717, 1.165) is 0 Å². The van der Waals surface area contributed by atoms with E-state index < -0.39 is 97.3 Å². The van der Waals surface area contributed by atoms with Crippen LogP contribution < -0.4 is 0 Å². The molecule has 274 valence electrons. The molecule has 14 heteroatoms. The number of hydrogen-bond donors (Lipinski definition) is 6. The molecule has 14 nitrogen and oxygen atoms in total. The zero-order valence-electron chi connectivity index (χ0n) is 28.3. The molecule has 0 radical (unpaired) electrons. The summed E-state index contributed by atoms with van der Waals surface area (Å²) >= 11 is 0. The van der Waals surface area contributed by atoms with Crippen molar-refractivity contribution >= 4 is 11.9 Å². The maximum atomic E-state index is 12.3. The van der Waals surface area contributed by atoms with Crippen molar-refractivity contribution in [2.45, 2.75) is 125 Å². The lowest BCUT2D eigenvalue weighted by Gasteiger charge is -2.46. The normalized spacial score (nSPS) is 45.9. The van der Waals surface area contributed by atoms with E-state index in [9.17, 15) is 40.2 Å². The van der Waals surface area contributed by atoms with Crippen LogP contribution in [0.1, 0.15) is 46.0 Å². The van der Waals surface area contributed by atoms with Gasteiger partial charge in [-0.3, -0.25) is 4.79 Å². The van der Waals surface area contributed by atoms with E-state index in [2.05, 4.69) is 0 Å². The van der Waals surface area contributed by atoms with Crippen molar-refractivity contribution in [3.05, 3.63) is 60.8 Å². The molecule has 14 atom stereocenters. The lowest BCUT2D eigenvalue weighted by molar-refractivity contribution is -0.311. The highest BCUT2D eigenvalue weighted by molar-refractivity contribution is 5.82. The van der Waals surface area contributed by atoms with Gasteiger partial charge >= 0.3 is 11.9 Å². The van der Waals surface area contributed by atoms with E-state index in [1.54, 1.807) is 75.4 Å². The van der Waals surface area contributed by atoms with Crippen LogP contribution in [0.15, 0.2) is 60.8 Å². The molecular formula is C35H51NO13. The van der Waals surface area contributed by atoms with Crippen molar-refractivity contribution in [1.82, 2.24) is 4.90 Å². The van der Waals surface area contributed by atoms with Crippen LogP contribution in [0.25, 0.3) is 0 Å². The van der Waals surface area contributed by atoms with E-state index in [1.165, 1.54) is 6.08 Å². The molecule has 0 aromatic heterocycles. The third kappa shape index (κ3) is 11.1. The number of aliphatic hydroxyl groups excluding tert-OH is 4. The zero-order valence-corrected chi connectivity index (χ0v) is 28.3. The van der Waals surface area contributed by atoms with E-state index in [-0.39, 0.29) is 25.4 Å². The lowest BCUT2D eigenvalue weighted by Crippen LogP contribution is -2.62. The van der Waals surface area contributed by atoms with Gasteiger partial charge in [0.2, 0.25) is 0 Å². The molecule has 0 aliphatic carbocycles. The first-order chi connectivity index (χ1) is 23.2. The van der Waals surface area contributed by atoms with E-state index >= 15 is 0 Å². The number of aliphatic hydroxyl groups is 5. The van der Waals surface area contributed by atoms with Crippen LogP contribution in [0.2, 0.25) is 0 Å². The Labute approximate surface area is 286 Å². The predicted molar refractivity (Wildman–Crippen MR) is 175 cm³/mol. The molecule has 0 aromatic carbocycles. The summed E-state index contributed by atoms with van der Waals surface area (Å²) in [6, 6.07) is -0.725. The number of ether oxygens (including phenoxy) is 5. The number of carboxylic acids is 1. The Morgan fingerprint density at radius 2 is 1.61 bits per heavy atom. The van der Waals surface area contributed by atoms with Crippen LogP contribution in [-0.4, -0.2) is 141 Å². The van der Waals surface area contributed by atoms with Crippen LogP contribution in [0.3, 0.4) is 0 Å². The van der Waals surface area contributed by atoms with Gasteiger partial charge in [0.15, 0.2) is 12.1 Å². The van der Waals surface area contributed by atoms with E-state index in [4.69, 9.17) is 23.7 Å². The highest BCUT2D eigenvalue weighted by atomic mass is 16.7. The minimum Gasteiger partial charge on any atom is -0.481 e. The van der Waals surface area contributed by atoms with Gasteiger partial charge in [0.05, 0.1) is 48.8 Å². The smallest absolute Gasteiger partial charge is 0.330 e. The third-order valence-electron chi connectivity index (χ3n) is 9.08. The average Bonchev–Trinajstić information content (AvgIpc) is 3.73. The molecule has 4 heterocycles. The number of esters is 1. The maximum absolute atomic E-state index is 12.3. The number of aliphatic carboxylic acids is 1. The van der Waals surface area contributed by atoms with Gasteiger partial charge in [-0.05, 0) is 34.0 Å². The van der Waals surface area contributed by atoms with E-state index in [1.807, 2.05) is 12.2 Å². The Morgan fingerprint density at radius 1 is 0.918 bits per heavy atom. The second kappa shape index (κ2) is 17.4. The molecule has 0 spiro atoms. The minimum atomic E-state index is -2.09. The number of cyclic esters (lactones) is 1. The number of fused-ring (bicyclic) bond motifs is 3. The SMILES string of the molecule is C[C@@H]1C/C=C/C=C/C=C/C=C/[C@H](OC2O[C@H](C)[C@@H](O)[C@H](N(C)C)[C@@H]2O)C[C@@H]2O[C@](O)(C[C@@H](O)C[C@H]3O[C@@H]3/C=C/C(=O)O1)C[C@H](O)[C@H]2C(=O)O. The number of nitrogens with zero attached hydrogens (tertiary/aromatic N) is 1. The molecule has 1 unspecified atom stereocenters. The number of hydrogen-bond acceptors (Lipinski definition) is 13. The van der Waals surface area contributed by atoms with Gasteiger partial charge in [-0.15, -0.1) is 0 Å². The van der Waals surface area contributed by atoms with Crippen molar-refractivity contribution in [2.75, 3.05) is 14.1 Å². The van der Waals surface area contributed by atoms with Crippen LogP contribution in [0.4, 0.5) is 0 Å². The Morgan fingerprint density at radius 3 is 2.31 bits per heavy atom. The van der Waals surface area contributed by atoms with Crippen LogP contribution in [-0.2, 0) is 33.3 Å². The summed E-state index contributed by atoms with van der Waals surface area (Å²) in [6.45, 7) is 3.42. The number of carboxylic acid groups (broad SMARTS) is 1. The molecule has 6 N–H and O–H groups in total. The first-order valence-corrected chi connectivity index (χ1v) is 16.7. The Balaban J connectivity index is 1.60. The fraction of sp³-hybridized carbons (Fsp3) is 0.657. The molecular weight excluding hydrogens is 642 g/mol. The second-order valence-electron chi connectivity index (χ2n) is 13.5. The number of likely N-dealkylation sites (N-methyl/N-ethyl adjacent to an activating group) is 1. The largest absolute Gasteiger partial charge is 0.481 e. The van der Waals surface area contributed by atoms with Gasteiger partial charge in [0.1, 0.15) is 24.2 Å². The van der Waals surface area contributed by atoms with Gasteiger partial charge < -0.3 is 59.2 Å². The Hall–Kier alpha value is -2.76. The topological polar surface area (TPSA) is 208 Å². The summed E-state index contributed by atoms with van der Waals surface area (Å²) in [5, 5.41) is 65.1. The molecule has 0 aromatic rings. The van der Waals surface area contributed by atoms with Crippen molar-refractivity contribution in [2.24, 2.45) is 5.92 Å². The molecule has 2 bridgehead atoms. The Kier molecular flexibility index (Phi) is 13.9. The van der Waals surface area contributed by atoms with Crippen LogP contribution in [0.5, 0.6) is 0 Å². The van der Waals surface area contributed by atoms with Crippen molar-refractivity contribution in [3.8, 4) is 0 Å². The highest BCUT2D eigenvalue weighted by Gasteiger charge is 2.51. The van der Waals surface area contributed by atoms with Crippen LogP contribution >= 0.6 is 0 Å². The third-order valence-corrected chi connectivity index (χ3v) is 9.08. The van der Waals surface area contributed by atoms with Crippen molar-refractivity contribution in [3.63, 3.8) is 0 Å². The standard InChI is InChI=1S/C35H51NO13/c1-20-12-10-8-6-5-7-9-11-13-23(47-34-32(41)30(36(3)4)31(40)21(2)46-34)17-27-29(33(42)43)24(38)19-35(44,49-27)18-22(37)16-26-25(48-26)14-15-28(39)45-20/h5-11,13-15,20-27,29-32,34,37-38,40-41,44H,12,16-19H2,1-4H3,(H,42,43)/b6-5+,9-7+,10-8+,13-11+,15-14+/t20-,21-,22+,23+,24+,25-,26-,27+,29-,30+,31-,32+,34?,35-/m1/s1. The average molecular weight is 694 g/mol. The number of carbonyl (C=O) groups excluding carboxylic acids is 1. The maximum Gasteiger partial charge on any atom is 0.330 e. The fourth-order valence-electron chi connectivity index (χ4n) is 6.56. The lowest BCUT2D eigenvalue weighted by atomic mass is 9.83. The molecule has 0 saturated carbocycles. The van der Waals surface area contributed by atoms with Gasteiger partial charge in [0.25, 0.3) is 0 Å². The quantitative estimate of drug-likeness (QED) is 0.177. The predicted octanol–water partition coefficient (Wildman–Crippen LogP) is 0.723. The van der Waals surface area contributed by atoms with Crippen LogP contribution in [0, 0.1) is 5.92 Å². The van der Waals surface area contributed by atoms with Crippen molar-refractivity contribution < 1.29 is 63.9 Å². The molecule has 3 saturated heterocycles. The molecule has 4 aliphatic heterocycles. The van der Waals surface area contributed by atoms with E-state index in [0.29, 0.717) is 6.42 Å². The summed E-state index contributed by atoms with van der Waals surface area (Å²) in [5.41, 5.74) is 0. The molecule has 4 rings (SSSR count). The van der Waals surface area contributed by atoms with Gasteiger partial charge in [-0.1, -0.05) is 48.6 Å². The van der Waals surface area contributed by atoms with Gasteiger partial charge in [0, 0.05) is 38.2 Å². The summed E-state index contributed by atoms with van der Waals surface area (Å²) in [6.07, 6.45) is 5.98. The van der Waals surface area contributed by atoms with Gasteiger partial charge in [-0.2, -0.15) is 0 Å². The first-order valence-electron chi connectivity index (χ1n) is 16.7. The van der Waals surface area contributed by atoms with Gasteiger partial charge in [-0.25, -0.2) is 4.79 Å². The van der Waals surface area contributed by atoms with Crippen molar-refractivity contribution in [1.29, 1.82) is 0 Å². The number of allylic oxidation sites excluding steroid dienone is 6. The zero-order chi connectivity index (χ0) is 35.9. The molecule has 0 amide bonds. The molecule has 4 aliphatic rings. The highest BCUT2D eigenvalue weighted by Crippen LogP contribution is 2.39. The summed E-state index contributed by atoms with van der Waals surface area (Å²) in [5.74, 6) is -5.41. The number of carbonyl (C=O) groups is 2. The second-order valence-corrected chi connectivity index (χ2v) is 13.5. The first kappa shape index (κ1) is 39.0. The fourth-order valence-corrected chi connectivity index (χ4v) is 6.56. The Bertz CT molecular complexity index is 1270. The number of epoxide rings is 1. The minimum absolute atomic E-state index is 0.0857. The molecule has 49 heavy (non-hydrogen) atoms. The number of rotatable bonds is 4. The molecule has 3 fully saturated rings. The monoisotopic (exact) mass is 693 g/mol.